The molecule has 140 valence electrons. The Hall–Kier alpha value is -3.06. The number of cyclic esters (lactones) is 2. The molecule has 0 spiro atoms. The Morgan fingerprint density at radius 1 is 1.11 bits per heavy atom. The fraction of sp³-hybridized carbons (Fsp3) is 0.211. The van der Waals surface area contributed by atoms with Crippen LogP contribution in [0.3, 0.4) is 0 Å². The lowest BCUT2D eigenvalue weighted by molar-refractivity contribution is -0.222. The van der Waals surface area contributed by atoms with Crippen molar-refractivity contribution in [3.8, 4) is 11.3 Å². The maximum Gasteiger partial charge on any atom is 0.348 e. The van der Waals surface area contributed by atoms with Gasteiger partial charge in [-0.25, -0.2) is 14.4 Å². The maximum atomic E-state index is 12.0. The molecule has 27 heavy (non-hydrogen) atoms. The highest BCUT2D eigenvalue weighted by Gasteiger charge is 2.39. The number of rotatable bonds is 3. The number of furan rings is 1. The average Bonchev–Trinajstić information content (AvgIpc) is 3.06. The summed E-state index contributed by atoms with van der Waals surface area (Å²) in [5.74, 6) is -2.84. The van der Waals surface area contributed by atoms with E-state index in [-0.39, 0.29) is 21.9 Å². The van der Waals surface area contributed by atoms with Crippen LogP contribution >= 0.6 is 11.6 Å². The Labute approximate surface area is 159 Å². The van der Waals surface area contributed by atoms with Crippen molar-refractivity contribution in [2.75, 3.05) is 7.11 Å². The van der Waals surface area contributed by atoms with Crippen LogP contribution in [0.5, 0.6) is 0 Å². The fourth-order valence-corrected chi connectivity index (χ4v) is 2.65. The molecular weight excluding hydrogens is 376 g/mol. The van der Waals surface area contributed by atoms with Gasteiger partial charge >= 0.3 is 17.9 Å². The fourth-order valence-electron chi connectivity index (χ4n) is 2.45. The quantitative estimate of drug-likeness (QED) is 0.449. The largest absolute Gasteiger partial charge is 0.465 e. The lowest BCUT2D eigenvalue weighted by atomic mass is 10.1. The van der Waals surface area contributed by atoms with Crippen molar-refractivity contribution in [2.45, 2.75) is 19.6 Å². The van der Waals surface area contributed by atoms with E-state index < -0.39 is 23.7 Å². The molecule has 0 aliphatic carbocycles. The van der Waals surface area contributed by atoms with Gasteiger partial charge in [0.15, 0.2) is 0 Å². The van der Waals surface area contributed by atoms with Gasteiger partial charge in [0.2, 0.25) is 0 Å². The summed E-state index contributed by atoms with van der Waals surface area (Å²) in [7, 11) is 1.26. The number of benzene rings is 1. The van der Waals surface area contributed by atoms with Crippen LogP contribution in [0.2, 0.25) is 5.02 Å². The van der Waals surface area contributed by atoms with Crippen LogP contribution in [0, 0.1) is 0 Å². The highest BCUT2D eigenvalue weighted by atomic mass is 35.5. The molecule has 1 aliphatic heterocycles. The summed E-state index contributed by atoms with van der Waals surface area (Å²) in [5.41, 5.74) is 0.482. The number of hydrogen-bond donors (Lipinski definition) is 0. The molecule has 0 bridgehead atoms. The predicted octanol–water partition coefficient (Wildman–Crippen LogP) is 3.61. The molecule has 1 aromatic heterocycles. The monoisotopic (exact) mass is 390 g/mol. The van der Waals surface area contributed by atoms with Gasteiger partial charge in [0, 0.05) is 25.5 Å². The molecule has 3 rings (SSSR count). The van der Waals surface area contributed by atoms with Crippen molar-refractivity contribution < 1.29 is 33.0 Å². The van der Waals surface area contributed by atoms with Gasteiger partial charge in [-0.1, -0.05) is 11.6 Å². The molecule has 2 heterocycles. The minimum absolute atomic E-state index is 0.189. The van der Waals surface area contributed by atoms with E-state index in [1.165, 1.54) is 33.1 Å². The molecular formula is C19H15ClO7. The normalized spacial score (nSPS) is 15.8. The van der Waals surface area contributed by atoms with Crippen LogP contribution in [-0.4, -0.2) is 30.8 Å². The summed E-state index contributed by atoms with van der Waals surface area (Å²) >= 11 is 6.00. The van der Waals surface area contributed by atoms with Crippen molar-refractivity contribution >= 4 is 35.6 Å². The van der Waals surface area contributed by atoms with Gasteiger partial charge in [0.25, 0.3) is 5.79 Å². The zero-order chi connectivity index (χ0) is 19.8. The second-order valence-electron chi connectivity index (χ2n) is 6.13. The molecule has 1 fully saturated rings. The number of methoxy groups -OCH3 is 1. The lowest BCUT2D eigenvalue weighted by Crippen LogP contribution is -2.41. The summed E-state index contributed by atoms with van der Waals surface area (Å²) in [6.07, 6.45) is 1.24. The molecule has 7 nitrogen and oxygen atoms in total. The van der Waals surface area contributed by atoms with E-state index in [1.807, 2.05) is 0 Å². The van der Waals surface area contributed by atoms with Gasteiger partial charge in [-0.3, -0.25) is 0 Å². The van der Waals surface area contributed by atoms with E-state index in [2.05, 4.69) is 4.74 Å². The number of carbonyl (C=O) groups is 3. The molecule has 1 aromatic carbocycles. The Bertz CT molecular complexity index is 946. The average molecular weight is 391 g/mol. The van der Waals surface area contributed by atoms with Crippen LogP contribution in [0.4, 0.5) is 0 Å². The minimum atomic E-state index is -1.31. The topological polar surface area (TPSA) is 92.0 Å². The van der Waals surface area contributed by atoms with Crippen molar-refractivity contribution in [1.29, 1.82) is 0 Å². The first kappa shape index (κ1) is 18.7. The van der Waals surface area contributed by atoms with Crippen LogP contribution in [0.25, 0.3) is 17.4 Å². The molecule has 8 heteroatoms. The van der Waals surface area contributed by atoms with Gasteiger partial charge < -0.3 is 18.6 Å². The predicted molar refractivity (Wildman–Crippen MR) is 94.7 cm³/mol. The van der Waals surface area contributed by atoms with Crippen LogP contribution in [-0.2, 0) is 23.8 Å². The number of hydrogen-bond acceptors (Lipinski definition) is 7. The molecule has 1 saturated heterocycles. The molecule has 2 aromatic rings. The molecule has 0 atom stereocenters. The third-order valence-corrected chi connectivity index (χ3v) is 4.02. The highest BCUT2D eigenvalue weighted by molar-refractivity contribution is 6.33. The van der Waals surface area contributed by atoms with E-state index in [4.69, 9.17) is 25.5 Å². The zero-order valence-electron chi connectivity index (χ0n) is 14.7. The van der Waals surface area contributed by atoms with E-state index >= 15 is 0 Å². The number of ether oxygens (including phenoxy) is 3. The van der Waals surface area contributed by atoms with Crippen molar-refractivity contribution in [3.05, 3.63) is 52.3 Å². The van der Waals surface area contributed by atoms with Crippen molar-refractivity contribution in [1.82, 2.24) is 0 Å². The number of halogens is 1. The Morgan fingerprint density at radius 3 is 2.41 bits per heavy atom. The maximum absolute atomic E-state index is 12.0. The SMILES string of the molecule is COC(=O)c1cc(-c2ccc(C=C3C(=O)OC(C)(C)OC3=O)o2)ccc1Cl. The van der Waals surface area contributed by atoms with E-state index in [1.54, 1.807) is 24.3 Å². The molecule has 0 unspecified atom stereocenters. The molecule has 0 N–H and O–H groups in total. The minimum Gasteiger partial charge on any atom is -0.465 e. The smallest absolute Gasteiger partial charge is 0.348 e. The zero-order valence-corrected chi connectivity index (χ0v) is 15.5. The van der Waals surface area contributed by atoms with Gasteiger partial charge in [-0.2, -0.15) is 0 Å². The first-order valence-electron chi connectivity index (χ1n) is 7.86. The summed E-state index contributed by atoms with van der Waals surface area (Å²) in [4.78, 5) is 35.7. The molecule has 0 saturated carbocycles. The van der Waals surface area contributed by atoms with Crippen molar-refractivity contribution in [2.24, 2.45) is 0 Å². The summed E-state index contributed by atoms with van der Waals surface area (Å²) in [5, 5.41) is 0.245. The third-order valence-electron chi connectivity index (χ3n) is 3.69. The van der Waals surface area contributed by atoms with E-state index in [0.717, 1.165) is 0 Å². The summed E-state index contributed by atoms with van der Waals surface area (Å²) in [6, 6.07) is 7.92. The third kappa shape index (κ3) is 3.88. The van der Waals surface area contributed by atoms with E-state index in [0.29, 0.717) is 11.3 Å². The Balaban J connectivity index is 1.91. The van der Waals surface area contributed by atoms with Crippen LogP contribution in [0.1, 0.15) is 30.0 Å². The first-order valence-corrected chi connectivity index (χ1v) is 8.24. The van der Waals surface area contributed by atoms with Crippen molar-refractivity contribution in [3.63, 3.8) is 0 Å². The van der Waals surface area contributed by atoms with E-state index in [9.17, 15) is 14.4 Å². The number of esters is 3. The van der Waals surface area contributed by atoms with Crippen LogP contribution < -0.4 is 0 Å². The van der Waals surface area contributed by atoms with Crippen LogP contribution in [0.15, 0.2) is 40.3 Å². The molecule has 0 amide bonds. The number of carbonyl (C=O) groups excluding carboxylic acids is 3. The second kappa shape index (κ2) is 6.92. The first-order chi connectivity index (χ1) is 12.7. The lowest BCUT2D eigenvalue weighted by Gasteiger charge is -2.29. The second-order valence-corrected chi connectivity index (χ2v) is 6.53. The summed E-state index contributed by atoms with van der Waals surface area (Å²) in [6.45, 7) is 2.92. The van der Waals surface area contributed by atoms with Gasteiger partial charge in [0.05, 0.1) is 17.7 Å². The standard InChI is InChI=1S/C19H15ClO7/c1-19(2)26-17(22)13(18(23)27-19)9-11-5-7-15(25-11)10-4-6-14(20)12(8-10)16(21)24-3/h4-9H,1-3H3. The Morgan fingerprint density at radius 2 is 1.78 bits per heavy atom. The summed E-state index contributed by atoms with van der Waals surface area (Å²) < 4.78 is 20.4. The Kier molecular flexibility index (Phi) is 4.80. The highest BCUT2D eigenvalue weighted by Crippen LogP contribution is 2.29. The molecule has 1 aliphatic rings. The van der Waals surface area contributed by atoms with Gasteiger partial charge in [-0.05, 0) is 30.3 Å². The van der Waals surface area contributed by atoms with Gasteiger partial charge in [-0.15, -0.1) is 0 Å². The van der Waals surface area contributed by atoms with Gasteiger partial charge in [0.1, 0.15) is 17.1 Å². The molecule has 0 radical (unpaired) electrons.